The standard InChI is InChI=1S/C16H27N.ClH/c1-3-5-13-17(14-6-4-2)15-12-16-10-8-7-9-11-16;/h7-11H,3-6,12-15H2,1-2H3;1H. The van der Waals surface area contributed by atoms with Crippen molar-refractivity contribution in [3.8, 4) is 0 Å². The minimum Gasteiger partial charge on any atom is -0.303 e. The molecule has 0 aliphatic heterocycles. The zero-order chi connectivity index (χ0) is 12.3. The summed E-state index contributed by atoms with van der Waals surface area (Å²) in [7, 11) is 0. The highest BCUT2D eigenvalue weighted by molar-refractivity contribution is 5.85. The Morgan fingerprint density at radius 2 is 1.39 bits per heavy atom. The predicted molar refractivity (Wildman–Crippen MR) is 83.7 cm³/mol. The third kappa shape index (κ3) is 7.73. The van der Waals surface area contributed by atoms with Gasteiger partial charge in [0.25, 0.3) is 0 Å². The molecule has 0 bridgehead atoms. The van der Waals surface area contributed by atoms with Crippen molar-refractivity contribution in [2.75, 3.05) is 19.6 Å². The lowest BCUT2D eigenvalue weighted by Gasteiger charge is -2.21. The zero-order valence-electron chi connectivity index (χ0n) is 11.9. The molecule has 0 unspecified atom stereocenters. The minimum absolute atomic E-state index is 0. The molecule has 0 aromatic heterocycles. The molecule has 0 spiro atoms. The SMILES string of the molecule is CCCCN(CCCC)CCc1ccccc1.Cl. The van der Waals surface area contributed by atoms with Gasteiger partial charge in [-0.1, -0.05) is 57.0 Å². The molecule has 1 aromatic rings. The molecule has 0 atom stereocenters. The van der Waals surface area contributed by atoms with Gasteiger partial charge in [-0.2, -0.15) is 0 Å². The molecule has 0 fully saturated rings. The van der Waals surface area contributed by atoms with E-state index in [4.69, 9.17) is 0 Å². The first-order chi connectivity index (χ1) is 8.36. The van der Waals surface area contributed by atoms with E-state index < -0.39 is 0 Å². The highest BCUT2D eigenvalue weighted by Crippen LogP contribution is 2.04. The smallest absolute Gasteiger partial charge is 0.00218 e. The topological polar surface area (TPSA) is 3.24 Å². The van der Waals surface area contributed by atoms with Crippen LogP contribution in [0.4, 0.5) is 0 Å². The largest absolute Gasteiger partial charge is 0.303 e. The first-order valence-electron chi connectivity index (χ1n) is 7.13. The van der Waals surface area contributed by atoms with E-state index in [2.05, 4.69) is 49.1 Å². The summed E-state index contributed by atoms with van der Waals surface area (Å²) in [5.74, 6) is 0. The summed E-state index contributed by atoms with van der Waals surface area (Å²) < 4.78 is 0. The number of benzene rings is 1. The van der Waals surface area contributed by atoms with Crippen molar-refractivity contribution in [1.82, 2.24) is 4.90 Å². The molecule has 0 saturated carbocycles. The molecule has 1 rings (SSSR count). The van der Waals surface area contributed by atoms with E-state index in [9.17, 15) is 0 Å². The van der Waals surface area contributed by atoms with Gasteiger partial charge < -0.3 is 4.90 Å². The van der Waals surface area contributed by atoms with Crippen LogP contribution < -0.4 is 0 Å². The van der Waals surface area contributed by atoms with Crippen LogP contribution in [0.1, 0.15) is 45.1 Å². The highest BCUT2D eigenvalue weighted by Gasteiger charge is 2.03. The van der Waals surface area contributed by atoms with Crippen LogP contribution >= 0.6 is 12.4 Å². The Labute approximate surface area is 119 Å². The van der Waals surface area contributed by atoms with Gasteiger partial charge >= 0.3 is 0 Å². The third-order valence-corrected chi connectivity index (χ3v) is 3.22. The van der Waals surface area contributed by atoms with E-state index in [0.29, 0.717) is 0 Å². The van der Waals surface area contributed by atoms with Gasteiger partial charge in [0.1, 0.15) is 0 Å². The number of hydrogen-bond acceptors (Lipinski definition) is 1. The Morgan fingerprint density at radius 3 is 1.89 bits per heavy atom. The van der Waals surface area contributed by atoms with Crippen molar-refractivity contribution >= 4 is 12.4 Å². The Hall–Kier alpha value is -0.530. The molecule has 0 aliphatic rings. The van der Waals surface area contributed by atoms with Gasteiger partial charge in [0.15, 0.2) is 0 Å². The lowest BCUT2D eigenvalue weighted by atomic mass is 10.1. The van der Waals surface area contributed by atoms with E-state index in [1.54, 1.807) is 0 Å². The number of hydrogen-bond donors (Lipinski definition) is 0. The van der Waals surface area contributed by atoms with E-state index >= 15 is 0 Å². The first kappa shape index (κ1) is 17.5. The molecule has 2 heteroatoms. The molecule has 0 N–H and O–H groups in total. The zero-order valence-corrected chi connectivity index (χ0v) is 12.7. The molecule has 1 aromatic carbocycles. The maximum Gasteiger partial charge on any atom is 0.00218 e. The van der Waals surface area contributed by atoms with E-state index in [1.165, 1.54) is 57.3 Å². The van der Waals surface area contributed by atoms with Gasteiger partial charge in [0.05, 0.1) is 0 Å². The Balaban J connectivity index is 0.00000289. The van der Waals surface area contributed by atoms with Crippen LogP contribution in [-0.2, 0) is 6.42 Å². The number of nitrogens with zero attached hydrogens (tertiary/aromatic N) is 1. The molecule has 1 nitrogen and oxygen atoms in total. The van der Waals surface area contributed by atoms with Crippen LogP contribution in [0.5, 0.6) is 0 Å². The monoisotopic (exact) mass is 269 g/mol. The normalized spacial score (nSPS) is 10.4. The maximum atomic E-state index is 2.62. The highest BCUT2D eigenvalue weighted by atomic mass is 35.5. The lowest BCUT2D eigenvalue weighted by molar-refractivity contribution is 0.268. The number of unbranched alkanes of at least 4 members (excludes halogenated alkanes) is 2. The molecular formula is C16H28ClN. The number of rotatable bonds is 9. The Bertz CT molecular complexity index is 266. The van der Waals surface area contributed by atoms with Gasteiger partial charge in [-0.15, -0.1) is 12.4 Å². The Kier molecular flexibility index (Phi) is 11.2. The molecule has 0 aliphatic carbocycles. The van der Waals surface area contributed by atoms with E-state index in [1.807, 2.05) is 0 Å². The van der Waals surface area contributed by atoms with Gasteiger partial charge in [-0.05, 0) is 37.9 Å². The summed E-state index contributed by atoms with van der Waals surface area (Å²) in [5, 5.41) is 0. The second-order valence-electron chi connectivity index (χ2n) is 4.78. The summed E-state index contributed by atoms with van der Waals surface area (Å²) in [6, 6.07) is 10.8. The average Bonchev–Trinajstić information content (AvgIpc) is 2.39. The van der Waals surface area contributed by atoms with Crippen LogP contribution in [0.3, 0.4) is 0 Å². The average molecular weight is 270 g/mol. The minimum atomic E-state index is 0. The second kappa shape index (κ2) is 11.6. The van der Waals surface area contributed by atoms with Crippen LogP contribution in [0.15, 0.2) is 30.3 Å². The molecule has 0 radical (unpaired) electrons. The number of halogens is 1. The molecule has 0 saturated heterocycles. The van der Waals surface area contributed by atoms with Crippen LogP contribution in [-0.4, -0.2) is 24.5 Å². The summed E-state index contributed by atoms with van der Waals surface area (Å²) in [5.41, 5.74) is 1.46. The van der Waals surface area contributed by atoms with E-state index in [-0.39, 0.29) is 12.4 Å². The quantitative estimate of drug-likeness (QED) is 0.636. The van der Waals surface area contributed by atoms with Gasteiger partial charge in [-0.25, -0.2) is 0 Å². The Morgan fingerprint density at radius 1 is 0.833 bits per heavy atom. The summed E-state index contributed by atoms with van der Waals surface area (Å²) in [6.45, 7) is 8.29. The third-order valence-electron chi connectivity index (χ3n) is 3.22. The fraction of sp³-hybridized carbons (Fsp3) is 0.625. The molecule has 104 valence electrons. The van der Waals surface area contributed by atoms with Crippen molar-refractivity contribution in [2.24, 2.45) is 0 Å². The second-order valence-corrected chi connectivity index (χ2v) is 4.78. The summed E-state index contributed by atoms with van der Waals surface area (Å²) in [6.07, 6.45) is 6.45. The van der Waals surface area contributed by atoms with E-state index in [0.717, 1.165) is 0 Å². The van der Waals surface area contributed by atoms with Crippen LogP contribution in [0.25, 0.3) is 0 Å². The molecular weight excluding hydrogens is 242 g/mol. The summed E-state index contributed by atoms with van der Waals surface area (Å²) in [4.78, 5) is 2.62. The van der Waals surface area contributed by atoms with Gasteiger partial charge in [0.2, 0.25) is 0 Å². The first-order valence-corrected chi connectivity index (χ1v) is 7.13. The molecule has 0 amide bonds. The fourth-order valence-corrected chi connectivity index (χ4v) is 2.03. The summed E-state index contributed by atoms with van der Waals surface area (Å²) >= 11 is 0. The van der Waals surface area contributed by atoms with Gasteiger partial charge in [-0.3, -0.25) is 0 Å². The fourth-order valence-electron chi connectivity index (χ4n) is 2.03. The van der Waals surface area contributed by atoms with Crippen molar-refractivity contribution in [3.63, 3.8) is 0 Å². The maximum absolute atomic E-state index is 2.62. The van der Waals surface area contributed by atoms with Gasteiger partial charge in [0, 0.05) is 6.54 Å². The van der Waals surface area contributed by atoms with Crippen molar-refractivity contribution in [2.45, 2.75) is 46.0 Å². The van der Waals surface area contributed by atoms with Crippen LogP contribution in [0.2, 0.25) is 0 Å². The predicted octanol–water partition coefficient (Wildman–Crippen LogP) is 4.55. The van der Waals surface area contributed by atoms with Crippen molar-refractivity contribution in [1.29, 1.82) is 0 Å². The van der Waals surface area contributed by atoms with Crippen LogP contribution in [0, 0.1) is 0 Å². The molecule has 18 heavy (non-hydrogen) atoms. The molecule has 0 heterocycles. The lowest BCUT2D eigenvalue weighted by Crippen LogP contribution is -2.28. The van der Waals surface area contributed by atoms with Crippen molar-refractivity contribution in [3.05, 3.63) is 35.9 Å². The van der Waals surface area contributed by atoms with Crippen molar-refractivity contribution < 1.29 is 0 Å².